The molecule has 0 radical (unpaired) electrons. The molecule has 2 heterocycles. The third-order valence-corrected chi connectivity index (χ3v) is 9.94. The molecule has 0 saturated carbocycles. The number of halogens is 2. The minimum atomic E-state index is -0.979. The summed E-state index contributed by atoms with van der Waals surface area (Å²) in [6.45, 7) is 5.64. The van der Waals surface area contributed by atoms with Crippen LogP contribution in [0.5, 0.6) is 0 Å². The highest BCUT2D eigenvalue weighted by Gasteiger charge is 2.41. The Morgan fingerprint density at radius 3 is 2.34 bits per heavy atom. The number of rotatable bonds is 8. The van der Waals surface area contributed by atoms with Crippen molar-refractivity contribution in [3.63, 3.8) is 0 Å². The Morgan fingerprint density at radius 1 is 0.974 bits per heavy atom. The molecule has 3 aromatic rings. The molecule has 2 aliphatic heterocycles. The number of likely N-dealkylation sites (tertiary alicyclic amines) is 1. The fourth-order valence-electron chi connectivity index (χ4n) is 6.29. The number of likely N-dealkylation sites (N-methyl/N-ethyl adjacent to an activating group) is 1. The molecule has 0 aromatic heterocycles. The summed E-state index contributed by atoms with van der Waals surface area (Å²) < 4.78 is 12.3. The lowest BCUT2D eigenvalue weighted by atomic mass is 9.83. The van der Waals surface area contributed by atoms with E-state index in [9.17, 15) is 9.35 Å². The Kier molecular flexibility index (Phi) is 8.71. The van der Waals surface area contributed by atoms with E-state index in [0.717, 1.165) is 60.5 Å². The van der Waals surface area contributed by atoms with Crippen molar-refractivity contribution in [2.45, 2.75) is 49.0 Å². The van der Waals surface area contributed by atoms with Crippen LogP contribution in [0.1, 0.15) is 71.1 Å². The normalized spacial score (nSPS) is 20.0. The van der Waals surface area contributed by atoms with Gasteiger partial charge in [0.25, 0.3) is 5.91 Å². The van der Waals surface area contributed by atoms with Gasteiger partial charge in [0.15, 0.2) is 4.90 Å². The van der Waals surface area contributed by atoms with Crippen LogP contribution >= 0.6 is 23.2 Å². The van der Waals surface area contributed by atoms with Gasteiger partial charge in [-0.05, 0) is 98.3 Å². The quantitative estimate of drug-likeness (QED) is 0.268. The van der Waals surface area contributed by atoms with Crippen molar-refractivity contribution in [3.8, 4) is 0 Å². The largest absolute Gasteiger partial charge is 0.612 e. The summed E-state index contributed by atoms with van der Waals surface area (Å²) in [5.74, 6) is 0.636. The van der Waals surface area contributed by atoms with Crippen molar-refractivity contribution in [2.24, 2.45) is 0 Å². The van der Waals surface area contributed by atoms with Crippen LogP contribution in [0, 0.1) is 0 Å². The first-order chi connectivity index (χ1) is 18.4. The first kappa shape index (κ1) is 27.5. The number of carbonyl (C=O) groups excluding carboxylic acids is 1. The number of hydrogen-bond donors (Lipinski definition) is 0. The topological polar surface area (TPSA) is 46.6 Å². The van der Waals surface area contributed by atoms with Crippen LogP contribution in [0.3, 0.4) is 0 Å². The third kappa shape index (κ3) is 5.50. The molecule has 3 aromatic carbocycles. The molecule has 0 N–H and O–H groups in total. The summed E-state index contributed by atoms with van der Waals surface area (Å²) in [4.78, 5) is 18.8. The van der Waals surface area contributed by atoms with Crippen molar-refractivity contribution in [1.82, 2.24) is 9.80 Å². The van der Waals surface area contributed by atoms with Crippen LogP contribution in [0.2, 0.25) is 10.0 Å². The molecule has 38 heavy (non-hydrogen) atoms. The number of benzene rings is 3. The molecule has 0 aliphatic carbocycles. The SMILES string of the molecule is CCN1C(=O)c2ccccc2[C@H]1[C@@H](CCN1CCC(c2ccccc2[S@@+](C)[O-])CC1)c1ccc(Cl)c(Cl)c1. The Morgan fingerprint density at radius 2 is 1.66 bits per heavy atom. The maximum atomic E-state index is 13.3. The summed E-state index contributed by atoms with van der Waals surface area (Å²) in [6, 6.07) is 22.0. The molecular weight excluding hydrogens is 535 g/mol. The molecule has 5 rings (SSSR count). The molecule has 0 spiro atoms. The van der Waals surface area contributed by atoms with Gasteiger partial charge in [-0.25, -0.2) is 0 Å². The van der Waals surface area contributed by atoms with Gasteiger partial charge in [0.05, 0.1) is 16.1 Å². The zero-order valence-electron chi connectivity index (χ0n) is 21.9. The summed E-state index contributed by atoms with van der Waals surface area (Å²) in [7, 11) is 0. The van der Waals surface area contributed by atoms with E-state index in [-0.39, 0.29) is 17.9 Å². The van der Waals surface area contributed by atoms with Gasteiger partial charge in [-0.15, -0.1) is 0 Å². The number of piperidine rings is 1. The van der Waals surface area contributed by atoms with Gasteiger partial charge in [0.1, 0.15) is 6.26 Å². The van der Waals surface area contributed by atoms with E-state index >= 15 is 0 Å². The molecule has 7 heteroatoms. The van der Waals surface area contributed by atoms with Crippen LogP contribution in [0.25, 0.3) is 0 Å². The first-order valence-corrected chi connectivity index (χ1v) is 15.7. The highest BCUT2D eigenvalue weighted by atomic mass is 35.5. The van der Waals surface area contributed by atoms with Gasteiger partial charge >= 0.3 is 0 Å². The van der Waals surface area contributed by atoms with Crippen molar-refractivity contribution < 1.29 is 9.35 Å². The smallest absolute Gasteiger partial charge is 0.254 e. The van der Waals surface area contributed by atoms with E-state index in [1.807, 2.05) is 47.4 Å². The third-order valence-electron chi connectivity index (χ3n) is 8.21. The number of nitrogens with zero attached hydrogens (tertiary/aromatic N) is 2. The summed E-state index contributed by atoms with van der Waals surface area (Å²) in [5.41, 5.74) is 4.25. The van der Waals surface area contributed by atoms with Gasteiger partial charge in [0, 0.05) is 23.6 Å². The molecule has 0 unspecified atom stereocenters. The van der Waals surface area contributed by atoms with E-state index in [0.29, 0.717) is 22.5 Å². The van der Waals surface area contributed by atoms with E-state index in [4.69, 9.17) is 23.2 Å². The average molecular weight is 570 g/mol. The Bertz CT molecular complexity index is 1290. The lowest BCUT2D eigenvalue weighted by Crippen LogP contribution is -2.36. The second kappa shape index (κ2) is 12.0. The van der Waals surface area contributed by atoms with E-state index in [1.54, 1.807) is 6.26 Å². The van der Waals surface area contributed by atoms with Gasteiger partial charge in [-0.1, -0.05) is 65.7 Å². The molecule has 1 fully saturated rings. The highest BCUT2D eigenvalue weighted by molar-refractivity contribution is 7.90. The number of carbonyl (C=O) groups is 1. The molecule has 200 valence electrons. The zero-order valence-corrected chi connectivity index (χ0v) is 24.2. The van der Waals surface area contributed by atoms with Gasteiger partial charge in [-0.2, -0.15) is 0 Å². The van der Waals surface area contributed by atoms with E-state index in [2.05, 4.69) is 36.1 Å². The maximum Gasteiger partial charge on any atom is 0.254 e. The number of amides is 1. The second-order valence-electron chi connectivity index (χ2n) is 10.3. The lowest BCUT2D eigenvalue weighted by molar-refractivity contribution is 0.0703. The Balaban J connectivity index is 1.35. The molecule has 1 amide bonds. The molecule has 1 saturated heterocycles. The molecule has 2 aliphatic rings. The lowest BCUT2D eigenvalue weighted by Gasteiger charge is -2.36. The standard InChI is InChI=1S/C31H34Cl2N2O2S/c1-3-35-30(25-9-4-5-10-26(25)31(35)36)24(22-12-13-27(32)28(33)20-22)16-19-34-17-14-21(15-18-34)23-8-6-7-11-29(23)38(2)37/h4-13,20-21,24,30H,3,14-19H2,1-2H3/t24-,30+,38+/m0/s1. The molecular formula is C31H34Cl2N2O2S. The van der Waals surface area contributed by atoms with Gasteiger partial charge in [-0.3, -0.25) is 4.79 Å². The summed E-state index contributed by atoms with van der Waals surface area (Å²) in [5, 5.41) is 1.09. The molecule has 4 nitrogen and oxygen atoms in total. The maximum absolute atomic E-state index is 13.3. The average Bonchev–Trinajstić information content (AvgIpc) is 3.22. The first-order valence-electron chi connectivity index (χ1n) is 13.4. The monoisotopic (exact) mass is 568 g/mol. The predicted octanol–water partition coefficient (Wildman–Crippen LogP) is 7.30. The van der Waals surface area contributed by atoms with Crippen LogP contribution in [0.15, 0.2) is 71.6 Å². The van der Waals surface area contributed by atoms with E-state index in [1.165, 1.54) is 5.56 Å². The predicted molar refractivity (Wildman–Crippen MR) is 157 cm³/mol. The van der Waals surface area contributed by atoms with Crippen LogP contribution < -0.4 is 0 Å². The Labute approximate surface area is 239 Å². The fourth-order valence-corrected chi connectivity index (χ4v) is 7.43. The van der Waals surface area contributed by atoms with Crippen LogP contribution in [-0.4, -0.2) is 52.7 Å². The van der Waals surface area contributed by atoms with Gasteiger partial charge < -0.3 is 14.4 Å². The minimum Gasteiger partial charge on any atom is -0.612 e. The molecule has 3 atom stereocenters. The van der Waals surface area contributed by atoms with Crippen LogP contribution in [0.4, 0.5) is 0 Å². The number of fused-ring (bicyclic) bond motifs is 1. The van der Waals surface area contributed by atoms with Crippen LogP contribution in [-0.2, 0) is 11.2 Å². The highest BCUT2D eigenvalue weighted by Crippen LogP contribution is 2.45. The van der Waals surface area contributed by atoms with Crippen molar-refractivity contribution >= 4 is 40.3 Å². The molecule has 0 bridgehead atoms. The summed E-state index contributed by atoms with van der Waals surface area (Å²) >= 11 is 11.8. The Hall–Kier alpha value is -2.02. The van der Waals surface area contributed by atoms with Crippen molar-refractivity contribution in [2.75, 3.05) is 32.4 Å². The van der Waals surface area contributed by atoms with Crippen molar-refractivity contribution in [1.29, 1.82) is 0 Å². The second-order valence-corrected chi connectivity index (χ2v) is 12.5. The van der Waals surface area contributed by atoms with Crippen molar-refractivity contribution in [3.05, 3.63) is 99.0 Å². The van der Waals surface area contributed by atoms with Gasteiger partial charge in [0.2, 0.25) is 0 Å². The fraction of sp³-hybridized carbons (Fsp3) is 0.387. The zero-order chi connectivity index (χ0) is 26.8. The number of hydrogen-bond acceptors (Lipinski definition) is 3. The van der Waals surface area contributed by atoms with E-state index < -0.39 is 11.2 Å². The summed E-state index contributed by atoms with van der Waals surface area (Å²) in [6.07, 6.45) is 4.78. The minimum absolute atomic E-state index is 0.0371.